The van der Waals surface area contributed by atoms with Crippen molar-refractivity contribution in [2.24, 2.45) is 5.92 Å². The molecule has 6 heteroatoms. The van der Waals surface area contributed by atoms with Gasteiger partial charge in [-0.15, -0.1) is 0 Å². The lowest BCUT2D eigenvalue weighted by Gasteiger charge is -2.47. The van der Waals surface area contributed by atoms with Gasteiger partial charge in [-0.3, -0.25) is 9.59 Å². The minimum absolute atomic E-state index is 0.0486. The van der Waals surface area contributed by atoms with Crippen LogP contribution >= 0.6 is 0 Å². The molecule has 32 heavy (non-hydrogen) atoms. The number of rotatable bonds is 6. The van der Waals surface area contributed by atoms with Gasteiger partial charge in [0.25, 0.3) is 0 Å². The Bertz CT molecular complexity index is 1050. The summed E-state index contributed by atoms with van der Waals surface area (Å²) >= 11 is 0. The molecular formula is C26H34N4O2. The van der Waals surface area contributed by atoms with E-state index in [4.69, 9.17) is 4.98 Å². The largest absolute Gasteiger partial charge is 0.339 e. The van der Waals surface area contributed by atoms with Crippen molar-refractivity contribution in [1.82, 2.24) is 14.5 Å². The van der Waals surface area contributed by atoms with Gasteiger partial charge in [0, 0.05) is 36.9 Å². The molecule has 1 spiro atoms. The zero-order chi connectivity index (χ0) is 22.5. The highest BCUT2D eigenvalue weighted by molar-refractivity contribution is 6.10. The molecular weight excluding hydrogens is 400 g/mol. The second-order valence-electron chi connectivity index (χ2n) is 9.97. The molecule has 1 saturated heterocycles. The molecule has 1 aromatic carbocycles. The van der Waals surface area contributed by atoms with Gasteiger partial charge in [-0.1, -0.05) is 45.4 Å². The minimum atomic E-state index is -0.596. The van der Waals surface area contributed by atoms with Gasteiger partial charge in [-0.2, -0.15) is 0 Å². The van der Waals surface area contributed by atoms with E-state index in [9.17, 15) is 9.59 Å². The Morgan fingerprint density at radius 3 is 2.66 bits per heavy atom. The van der Waals surface area contributed by atoms with E-state index in [1.807, 2.05) is 41.8 Å². The highest BCUT2D eigenvalue weighted by Crippen LogP contribution is 2.48. The Morgan fingerprint density at radius 1 is 1.16 bits per heavy atom. The normalized spacial score (nSPS) is 18.8. The highest BCUT2D eigenvalue weighted by atomic mass is 16.2. The third-order valence-corrected chi connectivity index (χ3v) is 7.44. The summed E-state index contributed by atoms with van der Waals surface area (Å²) in [7, 11) is 0. The molecule has 5 rings (SSSR count). The number of imidazole rings is 1. The van der Waals surface area contributed by atoms with Crippen molar-refractivity contribution in [3.05, 3.63) is 47.0 Å². The van der Waals surface area contributed by atoms with Crippen LogP contribution in [0.2, 0.25) is 0 Å². The Morgan fingerprint density at radius 2 is 1.91 bits per heavy atom. The number of aromatic nitrogens is 2. The first-order valence-corrected chi connectivity index (χ1v) is 12.2. The SMILES string of the molecule is CCCCn1c(CN2C(=O)C3(CN(C(=O)C(C)C)C3)c3ccccc32)nc2c1CCCC2. The van der Waals surface area contributed by atoms with Crippen LogP contribution in [0.5, 0.6) is 0 Å². The van der Waals surface area contributed by atoms with Crippen LogP contribution in [0.3, 0.4) is 0 Å². The first-order chi connectivity index (χ1) is 15.5. The number of nitrogens with zero attached hydrogens (tertiary/aromatic N) is 4. The first kappa shape index (κ1) is 21.2. The van der Waals surface area contributed by atoms with Gasteiger partial charge in [0.15, 0.2) is 0 Å². The quantitative estimate of drug-likeness (QED) is 0.694. The summed E-state index contributed by atoms with van der Waals surface area (Å²) in [4.78, 5) is 35.1. The van der Waals surface area contributed by atoms with Crippen LogP contribution < -0.4 is 4.90 Å². The molecule has 0 saturated carbocycles. The van der Waals surface area contributed by atoms with Crippen LogP contribution in [0.15, 0.2) is 24.3 Å². The summed E-state index contributed by atoms with van der Waals surface area (Å²) in [6, 6.07) is 8.13. The summed E-state index contributed by atoms with van der Waals surface area (Å²) < 4.78 is 2.40. The van der Waals surface area contributed by atoms with Gasteiger partial charge in [0.05, 0.1) is 12.2 Å². The number of anilines is 1. The Labute approximate surface area is 190 Å². The monoisotopic (exact) mass is 434 g/mol. The zero-order valence-electron chi connectivity index (χ0n) is 19.6. The summed E-state index contributed by atoms with van der Waals surface area (Å²) in [5.74, 6) is 1.21. The van der Waals surface area contributed by atoms with Gasteiger partial charge in [-0.05, 0) is 43.7 Å². The predicted molar refractivity (Wildman–Crippen MR) is 125 cm³/mol. The topological polar surface area (TPSA) is 58.4 Å². The van der Waals surface area contributed by atoms with Crippen LogP contribution in [0.25, 0.3) is 0 Å². The first-order valence-electron chi connectivity index (χ1n) is 12.2. The molecule has 6 nitrogen and oxygen atoms in total. The molecule has 1 fully saturated rings. The van der Waals surface area contributed by atoms with Gasteiger partial charge >= 0.3 is 0 Å². The number of likely N-dealkylation sites (tertiary alicyclic amines) is 1. The lowest BCUT2D eigenvalue weighted by atomic mass is 9.74. The predicted octanol–water partition coefficient (Wildman–Crippen LogP) is 3.84. The number of benzene rings is 1. The van der Waals surface area contributed by atoms with Gasteiger partial charge in [0.2, 0.25) is 11.8 Å². The molecule has 1 aliphatic carbocycles. The molecule has 2 amide bonds. The summed E-state index contributed by atoms with van der Waals surface area (Å²) in [6.07, 6.45) is 6.82. The number of para-hydroxylation sites is 1. The fraction of sp³-hybridized carbons (Fsp3) is 0.577. The maximum atomic E-state index is 13.8. The van der Waals surface area contributed by atoms with Crippen LogP contribution in [0, 0.1) is 5.92 Å². The van der Waals surface area contributed by atoms with E-state index in [-0.39, 0.29) is 17.7 Å². The second kappa shape index (κ2) is 8.05. The average Bonchev–Trinajstić information content (AvgIpc) is 3.23. The number of hydrogen-bond acceptors (Lipinski definition) is 3. The fourth-order valence-corrected chi connectivity index (χ4v) is 5.68. The van der Waals surface area contributed by atoms with E-state index in [0.29, 0.717) is 19.6 Å². The number of unbranched alkanes of at least 4 members (excludes halogenated alkanes) is 1. The van der Waals surface area contributed by atoms with E-state index in [0.717, 1.165) is 49.3 Å². The summed E-state index contributed by atoms with van der Waals surface area (Å²) in [6.45, 7) is 8.50. The number of fused-ring (bicyclic) bond motifs is 3. The molecule has 0 bridgehead atoms. The average molecular weight is 435 g/mol. The Kier molecular flexibility index (Phi) is 5.34. The molecule has 0 atom stereocenters. The summed E-state index contributed by atoms with van der Waals surface area (Å²) in [5, 5.41) is 0. The van der Waals surface area contributed by atoms with Crippen LogP contribution in [0.4, 0.5) is 5.69 Å². The van der Waals surface area contributed by atoms with Gasteiger partial charge in [-0.25, -0.2) is 4.98 Å². The Balaban J connectivity index is 1.46. The molecule has 0 unspecified atom stereocenters. The van der Waals surface area contributed by atoms with Crippen molar-refractivity contribution in [3.63, 3.8) is 0 Å². The number of carbonyl (C=O) groups is 2. The molecule has 170 valence electrons. The van der Waals surface area contributed by atoms with Crippen molar-refractivity contribution in [2.45, 2.75) is 77.8 Å². The summed E-state index contributed by atoms with van der Waals surface area (Å²) in [5.41, 5.74) is 4.06. The maximum absolute atomic E-state index is 13.8. The molecule has 3 heterocycles. The van der Waals surface area contributed by atoms with E-state index < -0.39 is 5.41 Å². The van der Waals surface area contributed by atoms with Crippen molar-refractivity contribution in [3.8, 4) is 0 Å². The van der Waals surface area contributed by atoms with E-state index in [1.54, 1.807) is 0 Å². The lowest BCUT2D eigenvalue weighted by Crippen LogP contribution is -2.65. The smallest absolute Gasteiger partial charge is 0.241 e. The third-order valence-electron chi connectivity index (χ3n) is 7.44. The number of aryl methyl sites for hydroxylation is 1. The maximum Gasteiger partial charge on any atom is 0.241 e. The zero-order valence-corrected chi connectivity index (χ0v) is 19.6. The highest BCUT2D eigenvalue weighted by Gasteiger charge is 2.59. The van der Waals surface area contributed by atoms with Crippen LogP contribution in [-0.4, -0.2) is 39.4 Å². The van der Waals surface area contributed by atoms with Crippen molar-refractivity contribution in [1.29, 1.82) is 0 Å². The lowest BCUT2D eigenvalue weighted by molar-refractivity contribution is -0.146. The standard InChI is InChI=1S/C26H34N4O2/c1-4-5-14-29-22-13-9-7-11-20(22)27-23(29)15-30-21-12-8-6-10-19(21)26(25(30)32)16-28(17-26)24(31)18(2)3/h6,8,10,12,18H,4-5,7,9,11,13-17H2,1-3H3. The molecule has 0 N–H and O–H groups in total. The number of hydrogen-bond donors (Lipinski definition) is 0. The fourth-order valence-electron chi connectivity index (χ4n) is 5.68. The molecule has 1 aromatic heterocycles. The Hall–Kier alpha value is -2.63. The molecule has 0 radical (unpaired) electrons. The second-order valence-corrected chi connectivity index (χ2v) is 9.97. The van der Waals surface area contributed by atoms with Crippen molar-refractivity contribution >= 4 is 17.5 Å². The molecule has 2 aromatic rings. The third kappa shape index (κ3) is 3.18. The van der Waals surface area contributed by atoms with Gasteiger partial charge in [0.1, 0.15) is 11.2 Å². The van der Waals surface area contributed by atoms with E-state index in [1.165, 1.54) is 24.2 Å². The van der Waals surface area contributed by atoms with E-state index in [2.05, 4.69) is 17.6 Å². The van der Waals surface area contributed by atoms with E-state index >= 15 is 0 Å². The minimum Gasteiger partial charge on any atom is -0.339 e. The van der Waals surface area contributed by atoms with Crippen molar-refractivity contribution < 1.29 is 9.59 Å². The van der Waals surface area contributed by atoms with Crippen LogP contribution in [0.1, 0.15) is 69.2 Å². The van der Waals surface area contributed by atoms with Gasteiger partial charge < -0.3 is 14.4 Å². The molecule has 2 aliphatic heterocycles. The number of amides is 2. The van der Waals surface area contributed by atoms with Crippen LogP contribution in [-0.2, 0) is 40.9 Å². The number of carbonyl (C=O) groups excluding carboxylic acids is 2. The molecule has 3 aliphatic rings. The van der Waals surface area contributed by atoms with Crippen molar-refractivity contribution in [2.75, 3.05) is 18.0 Å².